The van der Waals surface area contributed by atoms with Crippen LogP contribution in [0.1, 0.15) is 0 Å². The third-order valence-corrected chi connectivity index (χ3v) is 2.97. The van der Waals surface area contributed by atoms with Crippen LogP contribution in [0.2, 0.25) is 0 Å². The second-order valence-corrected chi connectivity index (χ2v) is 4.27. The van der Waals surface area contributed by atoms with Crippen LogP contribution in [0.3, 0.4) is 0 Å². The molecule has 0 radical (unpaired) electrons. The molecule has 2 rings (SSSR count). The summed E-state index contributed by atoms with van der Waals surface area (Å²) in [6.07, 6.45) is 0. The van der Waals surface area contributed by atoms with Crippen molar-refractivity contribution in [3.63, 3.8) is 0 Å². The Morgan fingerprint density at radius 1 is 0.882 bits per heavy atom. The second-order valence-electron chi connectivity index (χ2n) is 3.42. The highest BCUT2D eigenvalue weighted by Crippen LogP contribution is 2.34. The van der Waals surface area contributed by atoms with E-state index in [-0.39, 0.29) is 0 Å². The van der Waals surface area contributed by atoms with Crippen LogP contribution in [0.25, 0.3) is 11.1 Å². The summed E-state index contributed by atoms with van der Waals surface area (Å²) in [6, 6.07) is 14.9. The fourth-order valence-electron chi connectivity index (χ4n) is 1.59. The van der Waals surface area contributed by atoms with E-state index in [9.17, 15) is 0 Å². The lowest BCUT2D eigenvalue weighted by Crippen LogP contribution is -2.20. The van der Waals surface area contributed by atoms with Crippen molar-refractivity contribution in [1.29, 1.82) is 0 Å². The average Bonchev–Trinajstić information content (AvgIpc) is 2.30. The molecule has 17 heavy (non-hydrogen) atoms. The molecule has 0 aromatic heterocycles. The fraction of sp³-hybridized carbons (Fsp3) is 0. The van der Waals surface area contributed by atoms with E-state index < -0.39 is 7.32 Å². The Hall–Kier alpha value is -1.30. The van der Waals surface area contributed by atoms with Gasteiger partial charge in [0.25, 0.3) is 0 Å². The third-order valence-electron chi connectivity index (χ3n) is 2.28. The van der Waals surface area contributed by atoms with Crippen molar-refractivity contribution >= 4 is 23.3 Å². The van der Waals surface area contributed by atoms with E-state index in [0.29, 0.717) is 5.75 Å². The van der Waals surface area contributed by atoms with Crippen LogP contribution in [0.5, 0.6) is 5.75 Å². The zero-order valence-corrected chi connectivity index (χ0v) is 10.5. The lowest BCUT2D eigenvalue weighted by atomic mass is 10.0. The number of para-hydroxylation sites is 1. The molecule has 3 nitrogen and oxygen atoms in total. The Kier molecular flexibility index (Phi) is 3.84. The van der Waals surface area contributed by atoms with Gasteiger partial charge in [0, 0.05) is 10.0 Å². The lowest BCUT2D eigenvalue weighted by Gasteiger charge is -2.12. The summed E-state index contributed by atoms with van der Waals surface area (Å²) >= 11 is 3.45. The van der Waals surface area contributed by atoms with E-state index in [1.165, 1.54) is 0 Å². The molecule has 0 saturated carbocycles. The van der Waals surface area contributed by atoms with E-state index in [1.54, 1.807) is 12.1 Å². The average molecular weight is 293 g/mol. The van der Waals surface area contributed by atoms with Crippen molar-refractivity contribution in [3.05, 3.63) is 53.0 Å². The van der Waals surface area contributed by atoms with Crippen LogP contribution < -0.4 is 4.65 Å². The molecule has 0 aliphatic heterocycles. The highest BCUT2D eigenvalue weighted by Gasteiger charge is 2.15. The van der Waals surface area contributed by atoms with E-state index in [2.05, 4.69) is 15.9 Å². The number of rotatable bonds is 3. The van der Waals surface area contributed by atoms with Crippen LogP contribution >= 0.6 is 15.9 Å². The maximum atomic E-state index is 8.87. The molecule has 0 amide bonds. The molecule has 0 aliphatic carbocycles. The highest BCUT2D eigenvalue weighted by molar-refractivity contribution is 9.10. The summed E-state index contributed by atoms with van der Waals surface area (Å²) in [7, 11) is -1.82. The Bertz CT molecular complexity index is 517. The van der Waals surface area contributed by atoms with Crippen molar-refractivity contribution in [2.75, 3.05) is 0 Å². The lowest BCUT2D eigenvalue weighted by molar-refractivity contribution is 0.288. The van der Waals surface area contributed by atoms with E-state index in [1.807, 2.05) is 36.4 Å². The predicted octanol–water partition coefficient (Wildman–Crippen LogP) is 2.46. The Balaban J connectivity index is 2.48. The molecule has 0 aliphatic rings. The minimum absolute atomic E-state index is 0.425. The van der Waals surface area contributed by atoms with Gasteiger partial charge in [-0.3, -0.25) is 0 Å². The second kappa shape index (κ2) is 5.36. The summed E-state index contributed by atoms with van der Waals surface area (Å²) in [6.45, 7) is 0. The number of benzene rings is 2. The van der Waals surface area contributed by atoms with E-state index in [0.717, 1.165) is 15.6 Å². The molecular weight excluding hydrogens is 283 g/mol. The Labute approximate surface area is 108 Å². The van der Waals surface area contributed by atoms with Crippen molar-refractivity contribution < 1.29 is 14.7 Å². The van der Waals surface area contributed by atoms with Gasteiger partial charge in [0.2, 0.25) is 0 Å². The predicted molar refractivity (Wildman–Crippen MR) is 70.4 cm³/mol. The van der Waals surface area contributed by atoms with Gasteiger partial charge in [-0.25, -0.2) is 0 Å². The van der Waals surface area contributed by atoms with Crippen LogP contribution in [-0.4, -0.2) is 17.4 Å². The van der Waals surface area contributed by atoms with Gasteiger partial charge in [-0.1, -0.05) is 52.3 Å². The molecular formula is C12H10BBrO3. The third kappa shape index (κ3) is 2.88. The minimum Gasteiger partial charge on any atom is -0.512 e. The molecule has 0 unspecified atom stereocenters. The molecule has 0 bridgehead atoms. The largest absolute Gasteiger partial charge is 0.707 e. The standard InChI is InChI=1S/C12H10BBrO3/c14-11-7-3-1-5-9(11)10-6-2-4-8-12(10)17-13(15)16/h1-8,15-16H. The maximum absolute atomic E-state index is 8.87. The van der Waals surface area contributed by atoms with Crippen LogP contribution in [-0.2, 0) is 0 Å². The Morgan fingerprint density at radius 2 is 1.47 bits per heavy atom. The molecule has 2 aromatic rings. The molecule has 0 heterocycles. The van der Waals surface area contributed by atoms with Gasteiger partial charge in [0.15, 0.2) is 0 Å². The first kappa shape index (κ1) is 12.2. The summed E-state index contributed by atoms with van der Waals surface area (Å²) in [5, 5.41) is 17.7. The SMILES string of the molecule is OB(O)Oc1ccccc1-c1ccccc1Br. The molecule has 86 valence electrons. The first-order valence-corrected chi connectivity index (χ1v) is 5.84. The molecule has 2 N–H and O–H groups in total. The monoisotopic (exact) mass is 292 g/mol. The number of halogens is 1. The van der Waals surface area contributed by atoms with Crippen molar-refractivity contribution in [2.45, 2.75) is 0 Å². The van der Waals surface area contributed by atoms with Crippen molar-refractivity contribution in [2.24, 2.45) is 0 Å². The zero-order chi connectivity index (χ0) is 12.3. The minimum atomic E-state index is -1.82. The van der Waals surface area contributed by atoms with Gasteiger partial charge in [-0.2, -0.15) is 0 Å². The van der Waals surface area contributed by atoms with Gasteiger partial charge < -0.3 is 14.7 Å². The topological polar surface area (TPSA) is 49.7 Å². The molecule has 0 atom stereocenters. The highest BCUT2D eigenvalue weighted by atomic mass is 79.9. The smallest absolute Gasteiger partial charge is 0.512 e. The van der Waals surface area contributed by atoms with Crippen LogP contribution in [0.15, 0.2) is 53.0 Å². The molecule has 5 heteroatoms. The van der Waals surface area contributed by atoms with Gasteiger partial charge in [0.05, 0.1) is 0 Å². The normalized spacial score (nSPS) is 10.1. The van der Waals surface area contributed by atoms with Crippen molar-refractivity contribution in [1.82, 2.24) is 0 Å². The number of hydrogen-bond donors (Lipinski definition) is 2. The van der Waals surface area contributed by atoms with Crippen LogP contribution in [0.4, 0.5) is 0 Å². The quantitative estimate of drug-likeness (QED) is 0.855. The van der Waals surface area contributed by atoms with Gasteiger partial charge >= 0.3 is 7.32 Å². The molecule has 2 aromatic carbocycles. The first-order valence-electron chi connectivity index (χ1n) is 5.05. The van der Waals surface area contributed by atoms with Gasteiger partial charge in [0.1, 0.15) is 5.75 Å². The van der Waals surface area contributed by atoms with Gasteiger partial charge in [-0.15, -0.1) is 0 Å². The molecule has 0 spiro atoms. The Morgan fingerprint density at radius 3 is 2.12 bits per heavy atom. The molecule has 0 saturated heterocycles. The number of hydrogen-bond acceptors (Lipinski definition) is 3. The first-order chi connectivity index (χ1) is 8.18. The van der Waals surface area contributed by atoms with Crippen LogP contribution in [0, 0.1) is 0 Å². The zero-order valence-electron chi connectivity index (χ0n) is 8.88. The van der Waals surface area contributed by atoms with E-state index in [4.69, 9.17) is 14.7 Å². The maximum Gasteiger partial charge on any atom is 0.707 e. The van der Waals surface area contributed by atoms with Crippen molar-refractivity contribution in [3.8, 4) is 16.9 Å². The fourth-order valence-corrected chi connectivity index (χ4v) is 2.08. The summed E-state index contributed by atoms with van der Waals surface area (Å²) < 4.78 is 5.86. The summed E-state index contributed by atoms with van der Waals surface area (Å²) in [5.74, 6) is 0.425. The summed E-state index contributed by atoms with van der Waals surface area (Å²) in [5.41, 5.74) is 1.73. The summed E-state index contributed by atoms with van der Waals surface area (Å²) in [4.78, 5) is 0. The molecule has 0 fully saturated rings. The van der Waals surface area contributed by atoms with E-state index >= 15 is 0 Å². The van der Waals surface area contributed by atoms with Gasteiger partial charge in [-0.05, 0) is 17.7 Å².